The Hall–Kier alpha value is -2.30. The molecule has 2 heterocycles. The summed E-state index contributed by atoms with van der Waals surface area (Å²) in [5, 5.41) is 0. The highest BCUT2D eigenvalue weighted by molar-refractivity contribution is 5.97. The van der Waals surface area contributed by atoms with Gasteiger partial charge in [0, 0.05) is 11.7 Å². The normalized spacial score (nSPS) is 21.7. The van der Waals surface area contributed by atoms with Crippen LogP contribution < -0.4 is 10.6 Å². The first-order valence-corrected chi connectivity index (χ1v) is 7.41. The fraction of sp³-hybridized carbons (Fsp3) is 0.375. The molecule has 0 saturated heterocycles. The highest BCUT2D eigenvalue weighted by Crippen LogP contribution is 2.39. The van der Waals surface area contributed by atoms with Gasteiger partial charge in [-0.25, -0.2) is 4.98 Å². The lowest BCUT2D eigenvalue weighted by Gasteiger charge is -2.27. The first-order valence-electron chi connectivity index (χ1n) is 7.41. The average Bonchev–Trinajstić information content (AvgIpc) is 3.09. The minimum Gasteiger partial charge on any atom is -0.369 e. The predicted molar refractivity (Wildman–Crippen MR) is 83.4 cm³/mol. The smallest absolute Gasteiger partial charge is 0.196 e. The monoisotopic (exact) mass is 281 g/mol. The van der Waals surface area contributed by atoms with Gasteiger partial charge in [0.15, 0.2) is 5.96 Å². The highest BCUT2D eigenvalue weighted by atomic mass is 15.3. The maximum atomic E-state index is 6.13. The van der Waals surface area contributed by atoms with Gasteiger partial charge in [0.1, 0.15) is 0 Å². The first kappa shape index (κ1) is 12.4. The molecule has 2 aromatic rings. The third-order valence-electron chi connectivity index (χ3n) is 4.27. The molecule has 1 aliphatic carbocycles. The molecule has 0 spiro atoms. The summed E-state index contributed by atoms with van der Waals surface area (Å²) in [6, 6.07) is 9.19. The van der Waals surface area contributed by atoms with Gasteiger partial charge in [0.2, 0.25) is 0 Å². The molecule has 2 aliphatic rings. The van der Waals surface area contributed by atoms with Gasteiger partial charge in [-0.2, -0.15) is 0 Å². The van der Waals surface area contributed by atoms with Gasteiger partial charge in [0.25, 0.3) is 0 Å². The van der Waals surface area contributed by atoms with Crippen LogP contribution in [0.4, 0.5) is 5.69 Å². The van der Waals surface area contributed by atoms with E-state index in [4.69, 9.17) is 5.73 Å². The molecular weight excluding hydrogens is 262 g/mol. The Balaban J connectivity index is 1.71. The zero-order valence-electron chi connectivity index (χ0n) is 12.1. The van der Waals surface area contributed by atoms with Gasteiger partial charge in [0.05, 0.1) is 30.8 Å². The van der Waals surface area contributed by atoms with E-state index in [-0.39, 0.29) is 6.04 Å². The zero-order valence-corrected chi connectivity index (χ0v) is 12.1. The second kappa shape index (κ2) is 4.62. The number of anilines is 1. The Morgan fingerprint density at radius 1 is 1.19 bits per heavy atom. The van der Waals surface area contributed by atoms with E-state index < -0.39 is 0 Å². The number of guanidine groups is 1. The van der Waals surface area contributed by atoms with E-state index >= 15 is 0 Å². The minimum absolute atomic E-state index is 0.149. The van der Waals surface area contributed by atoms with Crippen LogP contribution in [-0.2, 0) is 0 Å². The molecule has 1 aromatic heterocycles. The van der Waals surface area contributed by atoms with Crippen LogP contribution in [0.5, 0.6) is 0 Å². The Morgan fingerprint density at radius 3 is 2.67 bits per heavy atom. The Morgan fingerprint density at radius 2 is 1.95 bits per heavy atom. The summed E-state index contributed by atoms with van der Waals surface area (Å²) in [4.78, 5) is 10.9. The number of rotatable bonds is 3. The number of aliphatic imine (C=N–C) groups is 1. The lowest BCUT2D eigenvalue weighted by molar-refractivity contribution is 0.632. The molecule has 4 rings (SSSR count). The van der Waals surface area contributed by atoms with E-state index in [1.54, 1.807) is 0 Å². The van der Waals surface area contributed by atoms with E-state index in [9.17, 15) is 0 Å². The lowest BCUT2D eigenvalue weighted by atomic mass is 10.1. The quantitative estimate of drug-likeness (QED) is 0.939. The van der Waals surface area contributed by atoms with Crippen molar-refractivity contribution in [2.75, 3.05) is 11.4 Å². The molecule has 21 heavy (non-hydrogen) atoms. The van der Waals surface area contributed by atoms with E-state index in [1.165, 1.54) is 24.1 Å². The molecule has 1 unspecified atom stereocenters. The number of hydrogen-bond donors (Lipinski definition) is 1. The van der Waals surface area contributed by atoms with Crippen LogP contribution in [0, 0.1) is 6.92 Å². The van der Waals surface area contributed by atoms with Gasteiger partial charge in [-0.1, -0.05) is 17.7 Å². The lowest BCUT2D eigenvalue weighted by Crippen LogP contribution is -2.36. The number of aryl methyl sites for hydroxylation is 1. The summed E-state index contributed by atoms with van der Waals surface area (Å²) >= 11 is 0. The molecule has 2 N–H and O–H groups in total. The highest BCUT2D eigenvalue weighted by Gasteiger charge is 2.34. The van der Waals surface area contributed by atoms with E-state index in [2.05, 4.69) is 50.6 Å². The minimum atomic E-state index is 0.149. The third-order valence-corrected chi connectivity index (χ3v) is 4.27. The Kier molecular flexibility index (Phi) is 2.74. The molecule has 1 fully saturated rings. The second-order valence-corrected chi connectivity index (χ2v) is 5.88. The van der Waals surface area contributed by atoms with Crippen molar-refractivity contribution in [3.63, 3.8) is 0 Å². The SMILES string of the molecule is Cc1ccc(N2C(N)=NCC2c2cncn2C2CC2)cc1. The van der Waals surface area contributed by atoms with Crippen molar-refractivity contribution in [2.24, 2.45) is 10.7 Å². The van der Waals surface area contributed by atoms with Gasteiger partial charge in [-0.15, -0.1) is 0 Å². The van der Waals surface area contributed by atoms with Crippen LogP contribution in [0.25, 0.3) is 0 Å². The largest absolute Gasteiger partial charge is 0.369 e. The summed E-state index contributed by atoms with van der Waals surface area (Å²) in [5.41, 5.74) is 9.68. The molecule has 1 atom stereocenters. The summed E-state index contributed by atoms with van der Waals surface area (Å²) in [7, 11) is 0. The van der Waals surface area contributed by atoms with Crippen LogP contribution in [0.15, 0.2) is 41.8 Å². The van der Waals surface area contributed by atoms with E-state index in [1.807, 2.05) is 12.5 Å². The summed E-state index contributed by atoms with van der Waals surface area (Å²) in [6.07, 6.45) is 6.39. The number of aromatic nitrogens is 2. The zero-order chi connectivity index (χ0) is 14.4. The average molecular weight is 281 g/mol. The number of nitrogens with two attached hydrogens (primary N) is 1. The number of nitrogens with zero attached hydrogens (tertiary/aromatic N) is 4. The Labute approximate surface area is 124 Å². The van der Waals surface area contributed by atoms with Gasteiger partial charge in [-0.3, -0.25) is 4.99 Å². The standard InChI is InChI=1S/C16H19N5/c1-11-2-4-13(5-3-11)21-15(9-19-16(21)17)14-8-18-10-20(14)12-6-7-12/h2-5,8,10,12,15H,6-7,9H2,1H3,(H2,17,19). The maximum Gasteiger partial charge on any atom is 0.196 e. The van der Waals surface area contributed by atoms with Gasteiger partial charge >= 0.3 is 0 Å². The van der Waals surface area contributed by atoms with Crippen molar-refractivity contribution in [1.29, 1.82) is 0 Å². The van der Waals surface area contributed by atoms with Crippen molar-refractivity contribution >= 4 is 11.6 Å². The molecule has 0 bridgehead atoms. The summed E-state index contributed by atoms with van der Waals surface area (Å²) < 4.78 is 2.29. The van der Waals surface area contributed by atoms with Crippen molar-refractivity contribution in [3.8, 4) is 0 Å². The fourth-order valence-corrected chi connectivity index (χ4v) is 2.97. The van der Waals surface area contributed by atoms with E-state index in [0.29, 0.717) is 18.5 Å². The fourth-order valence-electron chi connectivity index (χ4n) is 2.97. The van der Waals surface area contributed by atoms with Gasteiger partial charge in [-0.05, 0) is 31.9 Å². The molecule has 0 amide bonds. The summed E-state index contributed by atoms with van der Waals surface area (Å²) in [5.74, 6) is 0.590. The molecule has 5 nitrogen and oxygen atoms in total. The molecule has 1 aliphatic heterocycles. The van der Waals surface area contributed by atoms with Crippen LogP contribution >= 0.6 is 0 Å². The van der Waals surface area contributed by atoms with E-state index in [0.717, 1.165) is 5.69 Å². The molecule has 1 saturated carbocycles. The van der Waals surface area contributed by atoms with Crippen molar-refractivity contribution in [3.05, 3.63) is 48.0 Å². The molecule has 1 aromatic carbocycles. The molecular formula is C16H19N5. The van der Waals surface area contributed by atoms with Crippen molar-refractivity contribution < 1.29 is 0 Å². The van der Waals surface area contributed by atoms with Crippen molar-refractivity contribution in [1.82, 2.24) is 9.55 Å². The van der Waals surface area contributed by atoms with Gasteiger partial charge < -0.3 is 15.2 Å². The van der Waals surface area contributed by atoms with Crippen LogP contribution in [0.2, 0.25) is 0 Å². The second-order valence-electron chi connectivity index (χ2n) is 5.88. The predicted octanol–water partition coefficient (Wildman–Crippen LogP) is 2.40. The van der Waals surface area contributed by atoms with Crippen LogP contribution in [-0.4, -0.2) is 22.1 Å². The van der Waals surface area contributed by atoms with Crippen molar-refractivity contribution in [2.45, 2.75) is 31.8 Å². The molecule has 108 valence electrons. The number of benzene rings is 1. The molecule has 5 heteroatoms. The number of imidazole rings is 1. The molecule has 0 radical (unpaired) electrons. The first-order chi connectivity index (χ1) is 10.2. The Bertz CT molecular complexity index is 681. The topological polar surface area (TPSA) is 59.4 Å². The summed E-state index contributed by atoms with van der Waals surface area (Å²) in [6.45, 7) is 2.78. The maximum absolute atomic E-state index is 6.13. The van der Waals surface area contributed by atoms with Crippen LogP contribution in [0.3, 0.4) is 0 Å². The third kappa shape index (κ3) is 2.09. The van der Waals surface area contributed by atoms with Crippen LogP contribution in [0.1, 0.15) is 36.2 Å². The number of hydrogen-bond acceptors (Lipinski definition) is 4.